The number of hydrogen-bond donors (Lipinski definition) is 1. The summed E-state index contributed by atoms with van der Waals surface area (Å²) in [5.41, 5.74) is -1.45. The largest absolute Gasteiger partial charge is 0.416 e. The minimum atomic E-state index is -4.73. The molecule has 0 radical (unpaired) electrons. The molecule has 2 aliphatic rings. The second-order valence-electron chi connectivity index (χ2n) is 8.97. The number of aliphatic hydroxyl groups excluding tert-OH is 1. The molecule has 1 N–H and O–H groups in total. The number of halogens is 6. The number of anilines is 2. The van der Waals surface area contributed by atoms with Gasteiger partial charge in [-0.15, -0.1) is 0 Å². The van der Waals surface area contributed by atoms with Crippen LogP contribution in [0.3, 0.4) is 0 Å². The molecule has 37 heavy (non-hydrogen) atoms. The number of aryl methyl sites for hydroxylation is 1. The second kappa shape index (κ2) is 10.0. The van der Waals surface area contributed by atoms with E-state index in [2.05, 4.69) is 4.98 Å². The number of carbonyl (C=O) groups excluding carboxylic acids is 2. The predicted octanol–water partition coefficient (Wildman–Crippen LogP) is 3.29. The van der Waals surface area contributed by atoms with Crippen LogP contribution in [0.15, 0.2) is 24.3 Å². The highest BCUT2D eigenvalue weighted by Gasteiger charge is 2.45. The fourth-order valence-electron chi connectivity index (χ4n) is 4.33. The summed E-state index contributed by atoms with van der Waals surface area (Å²) in [6, 6.07) is 1.24. The van der Waals surface area contributed by atoms with Crippen LogP contribution in [-0.2, 0) is 11.0 Å². The van der Waals surface area contributed by atoms with Gasteiger partial charge in [-0.2, -0.15) is 13.2 Å². The zero-order valence-electron chi connectivity index (χ0n) is 19.8. The van der Waals surface area contributed by atoms with E-state index >= 15 is 0 Å². The maximum atomic E-state index is 14.6. The van der Waals surface area contributed by atoms with Gasteiger partial charge in [0.05, 0.1) is 23.9 Å². The van der Waals surface area contributed by atoms with Crippen LogP contribution in [0.4, 0.5) is 38.3 Å². The summed E-state index contributed by atoms with van der Waals surface area (Å²) in [7, 11) is 1.19. The topological polar surface area (TPSA) is 80.2 Å². The number of β-amino-alcohol motifs (C(OH)–C–C–N with tert-alkyl or cyclic N) is 1. The fraction of sp³-hybridized carbons (Fsp3) is 0.435. The van der Waals surface area contributed by atoms with Crippen LogP contribution in [0.2, 0.25) is 5.02 Å². The molecule has 2 aliphatic heterocycles. The van der Waals surface area contributed by atoms with Crippen molar-refractivity contribution in [2.45, 2.75) is 25.2 Å². The number of hydrogen-bond acceptors (Lipinski definition) is 5. The minimum absolute atomic E-state index is 0.0263. The predicted molar refractivity (Wildman–Crippen MR) is 124 cm³/mol. The molecule has 0 saturated carbocycles. The SMILES string of the molecule is Cc1cc(C(F)(F)F)cc(N2C(=O)N(CCN3CC(O)C3)CC2C(=O)N(C)c2ccc(F)c(Cl)c2F)n1. The van der Waals surface area contributed by atoms with Gasteiger partial charge >= 0.3 is 12.2 Å². The summed E-state index contributed by atoms with van der Waals surface area (Å²) in [6.45, 7) is 2.43. The highest BCUT2D eigenvalue weighted by Crippen LogP contribution is 2.35. The van der Waals surface area contributed by atoms with Crippen LogP contribution in [0.1, 0.15) is 11.3 Å². The first-order valence-corrected chi connectivity index (χ1v) is 11.6. The molecule has 2 aromatic rings. The van der Waals surface area contributed by atoms with Crippen LogP contribution < -0.4 is 9.80 Å². The van der Waals surface area contributed by atoms with E-state index in [0.717, 1.165) is 28.0 Å². The number of alkyl halides is 3. The van der Waals surface area contributed by atoms with Crippen molar-refractivity contribution in [3.63, 3.8) is 0 Å². The van der Waals surface area contributed by atoms with Crippen LogP contribution in [0.25, 0.3) is 0 Å². The number of likely N-dealkylation sites (tertiary alicyclic amines) is 1. The van der Waals surface area contributed by atoms with E-state index in [-0.39, 0.29) is 30.3 Å². The molecule has 2 fully saturated rings. The van der Waals surface area contributed by atoms with Gasteiger partial charge in [0, 0.05) is 38.9 Å². The lowest BCUT2D eigenvalue weighted by Gasteiger charge is -2.36. The third-order valence-electron chi connectivity index (χ3n) is 6.31. The van der Waals surface area contributed by atoms with Gasteiger partial charge in [-0.25, -0.2) is 18.6 Å². The summed E-state index contributed by atoms with van der Waals surface area (Å²) in [5.74, 6) is -3.46. The normalized spacial score (nSPS) is 18.9. The van der Waals surface area contributed by atoms with Gasteiger partial charge in [0.15, 0.2) is 5.82 Å². The summed E-state index contributed by atoms with van der Waals surface area (Å²) in [4.78, 5) is 35.8. The van der Waals surface area contributed by atoms with Gasteiger partial charge in [-0.1, -0.05) is 11.6 Å². The minimum Gasteiger partial charge on any atom is -0.390 e. The smallest absolute Gasteiger partial charge is 0.390 e. The molecule has 0 bridgehead atoms. The Balaban J connectivity index is 1.68. The van der Waals surface area contributed by atoms with E-state index in [1.54, 1.807) is 0 Å². The first-order valence-electron chi connectivity index (χ1n) is 11.2. The molecule has 8 nitrogen and oxygen atoms in total. The number of amides is 3. The van der Waals surface area contributed by atoms with Gasteiger partial charge < -0.3 is 14.9 Å². The Labute approximate surface area is 213 Å². The fourth-order valence-corrected chi connectivity index (χ4v) is 4.49. The maximum Gasteiger partial charge on any atom is 0.416 e. The number of likely N-dealkylation sites (N-methyl/N-ethyl adjacent to an activating group) is 1. The first kappa shape index (κ1) is 27.0. The summed E-state index contributed by atoms with van der Waals surface area (Å²) < 4.78 is 68.7. The molecule has 0 spiro atoms. The van der Waals surface area contributed by atoms with Crippen LogP contribution in [0, 0.1) is 18.6 Å². The molecule has 3 heterocycles. The molecule has 4 rings (SSSR count). The number of pyridine rings is 1. The monoisotopic (exact) mass is 547 g/mol. The van der Waals surface area contributed by atoms with Crippen LogP contribution in [-0.4, -0.2) is 83.7 Å². The summed E-state index contributed by atoms with van der Waals surface area (Å²) >= 11 is 5.64. The highest BCUT2D eigenvalue weighted by molar-refractivity contribution is 6.31. The molecule has 1 atom stereocenters. The number of nitrogens with zero attached hydrogens (tertiary/aromatic N) is 5. The zero-order valence-corrected chi connectivity index (χ0v) is 20.5. The average molecular weight is 548 g/mol. The number of aromatic nitrogens is 1. The van der Waals surface area contributed by atoms with Crippen LogP contribution >= 0.6 is 11.6 Å². The molecule has 200 valence electrons. The molecule has 1 unspecified atom stereocenters. The van der Waals surface area contributed by atoms with E-state index in [0.29, 0.717) is 25.7 Å². The van der Waals surface area contributed by atoms with Gasteiger partial charge in [0.25, 0.3) is 5.91 Å². The first-order chi connectivity index (χ1) is 17.3. The Hall–Kier alpha value is -3.03. The lowest BCUT2D eigenvalue weighted by atomic mass is 10.1. The van der Waals surface area contributed by atoms with Gasteiger partial charge in [-0.05, 0) is 31.2 Å². The Kier molecular flexibility index (Phi) is 7.32. The average Bonchev–Trinajstić information content (AvgIpc) is 3.13. The number of carbonyl (C=O) groups is 2. The maximum absolute atomic E-state index is 14.6. The van der Waals surface area contributed by atoms with Gasteiger partial charge in [-0.3, -0.25) is 14.6 Å². The molecule has 0 aliphatic carbocycles. The van der Waals surface area contributed by atoms with Crippen molar-refractivity contribution in [2.75, 3.05) is 49.6 Å². The highest BCUT2D eigenvalue weighted by atomic mass is 35.5. The van der Waals surface area contributed by atoms with E-state index in [9.17, 15) is 36.6 Å². The van der Waals surface area contributed by atoms with Crippen molar-refractivity contribution in [1.82, 2.24) is 14.8 Å². The Morgan fingerprint density at radius 3 is 2.49 bits per heavy atom. The van der Waals surface area contributed by atoms with Crippen LogP contribution in [0.5, 0.6) is 0 Å². The van der Waals surface area contributed by atoms with E-state index in [4.69, 9.17) is 11.6 Å². The van der Waals surface area contributed by atoms with Gasteiger partial charge in [0.2, 0.25) is 0 Å². The second-order valence-corrected chi connectivity index (χ2v) is 9.35. The Morgan fingerprint density at radius 1 is 1.19 bits per heavy atom. The van der Waals surface area contributed by atoms with E-state index in [1.165, 1.54) is 18.9 Å². The van der Waals surface area contributed by atoms with E-state index in [1.807, 2.05) is 4.90 Å². The lowest BCUT2D eigenvalue weighted by molar-refractivity contribution is -0.137. The number of urea groups is 1. The molecule has 1 aromatic heterocycles. The van der Waals surface area contributed by atoms with Crippen molar-refractivity contribution >= 4 is 35.0 Å². The molecule has 14 heteroatoms. The zero-order chi connectivity index (χ0) is 27.2. The third kappa shape index (κ3) is 5.34. The molecular formula is C23H23ClF5N5O3. The quantitative estimate of drug-likeness (QED) is 0.443. The lowest BCUT2D eigenvalue weighted by Crippen LogP contribution is -2.53. The Morgan fingerprint density at radius 2 is 1.86 bits per heavy atom. The van der Waals surface area contributed by atoms with Crippen molar-refractivity contribution < 1.29 is 36.6 Å². The molecule has 3 amide bonds. The number of benzene rings is 1. The summed E-state index contributed by atoms with van der Waals surface area (Å²) in [6.07, 6.45) is -5.20. The van der Waals surface area contributed by atoms with Crippen molar-refractivity contribution in [3.8, 4) is 0 Å². The standard InChI is InChI=1S/C23H23ClF5N5O3/c1-12-7-13(23(27,28)29)8-18(30-12)34-17(11-33(22(34)37)6-5-32-9-14(35)10-32)21(36)31(2)16-4-3-15(25)19(24)20(16)26/h3-4,7-8,14,17,35H,5-6,9-11H2,1-2H3. The number of aliphatic hydroxyl groups is 1. The Bertz CT molecular complexity index is 1220. The summed E-state index contributed by atoms with van der Waals surface area (Å²) in [5, 5.41) is 8.64. The molecule has 2 saturated heterocycles. The number of rotatable bonds is 6. The van der Waals surface area contributed by atoms with E-state index < -0.39 is 52.5 Å². The van der Waals surface area contributed by atoms with Crippen molar-refractivity contribution in [1.29, 1.82) is 0 Å². The third-order valence-corrected chi connectivity index (χ3v) is 6.66. The van der Waals surface area contributed by atoms with Crippen molar-refractivity contribution in [2.24, 2.45) is 0 Å². The molecule has 1 aromatic carbocycles. The molecular weight excluding hydrogens is 525 g/mol. The van der Waals surface area contributed by atoms with Gasteiger partial charge in [0.1, 0.15) is 22.7 Å². The van der Waals surface area contributed by atoms with Crippen molar-refractivity contribution in [3.05, 3.63) is 52.2 Å².